The molecule has 5 aromatic rings. The Labute approximate surface area is 205 Å². The zero-order chi connectivity index (χ0) is 23.9. The average molecular weight is 487 g/mol. The Hall–Kier alpha value is -3.91. The van der Waals surface area contributed by atoms with Crippen molar-refractivity contribution in [2.24, 2.45) is 0 Å². The predicted molar refractivity (Wildman–Crippen MR) is 135 cm³/mol. The third kappa shape index (κ3) is 4.44. The molecule has 0 radical (unpaired) electrons. The average Bonchev–Trinajstić information content (AvgIpc) is 3.48. The van der Waals surface area contributed by atoms with E-state index in [2.05, 4.69) is 4.98 Å². The zero-order valence-electron chi connectivity index (χ0n) is 19.1. The molecule has 6 rings (SSSR count). The van der Waals surface area contributed by atoms with Crippen LogP contribution in [-0.4, -0.2) is 14.4 Å². The van der Waals surface area contributed by atoms with Crippen LogP contribution in [0.2, 0.25) is 0 Å². The molecule has 1 fully saturated rings. The van der Waals surface area contributed by atoms with Crippen molar-refractivity contribution in [3.8, 4) is 28.5 Å². The second-order valence-corrected chi connectivity index (χ2v) is 10.0. The Balaban J connectivity index is 1.23. The zero-order valence-corrected chi connectivity index (χ0v) is 19.9. The van der Waals surface area contributed by atoms with Gasteiger partial charge in [-0.25, -0.2) is 14.4 Å². The molecule has 1 aliphatic carbocycles. The van der Waals surface area contributed by atoms with Gasteiger partial charge in [0.25, 0.3) is 0 Å². The third-order valence-corrected chi connectivity index (χ3v) is 6.91. The molecule has 2 N–H and O–H groups in total. The van der Waals surface area contributed by atoms with Crippen LogP contribution in [0, 0.1) is 12.7 Å². The molecule has 0 amide bonds. The quantitative estimate of drug-likeness (QED) is 0.276. The number of hydrogen-bond donors (Lipinski definition) is 1. The number of benzene rings is 2. The number of ether oxygens (including phenoxy) is 2. The lowest BCUT2D eigenvalue weighted by Crippen LogP contribution is -1.97. The summed E-state index contributed by atoms with van der Waals surface area (Å²) in [7, 11) is 0. The summed E-state index contributed by atoms with van der Waals surface area (Å²) in [6.45, 7) is 2.43. The number of aromatic nitrogens is 3. The van der Waals surface area contributed by atoms with E-state index in [-0.39, 0.29) is 0 Å². The molecule has 0 unspecified atom stereocenters. The van der Waals surface area contributed by atoms with Crippen LogP contribution in [0.4, 0.5) is 10.2 Å². The van der Waals surface area contributed by atoms with Crippen molar-refractivity contribution < 1.29 is 13.9 Å². The number of aryl methyl sites for hydroxylation is 1. The van der Waals surface area contributed by atoms with E-state index in [0.29, 0.717) is 35.6 Å². The van der Waals surface area contributed by atoms with Crippen molar-refractivity contribution in [2.75, 3.05) is 5.73 Å². The number of thiophene rings is 1. The van der Waals surface area contributed by atoms with Crippen molar-refractivity contribution in [3.63, 3.8) is 0 Å². The molecule has 2 aromatic carbocycles. The van der Waals surface area contributed by atoms with Crippen LogP contribution in [0.3, 0.4) is 0 Å². The van der Waals surface area contributed by atoms with E-state index in [1.54, 1.807) is 23.6 Å². The van der Waals surface area contributed by atoms with Gasteiger partial charge in [0.05, 0.1) is 0 Å². The number of fused-ring (bicyclic) bond motifs is 1. The molecule has 35 heavy (non-hydrogen) atoms. The first-order chi connectivity index (χ1) is 17.0. The van der Waals surface area contributed by atoms with E-state index in [9.17, 15) is 4.39 Å². The van der Waals surface area contributed by atoms with Gasteiger partial charge in [0.2, 0.25) is 0 Å². The van der Waals surface area contributed by atoms with Gasteiger partial charge in [-0.05, 0) is 56.2 Å². The monoisotopic (exact) mass is 486 g/mol. The van der Waals surface area contributed by atoms with Gasteiger partial charge in [-0.15, -0.1) is 11.3 Å². The first-order valence-corrected chi connectivity index (χ1v) is 12.2. The summed E-state index contributed by atoms with van der Waals surface area (Å²) in [4.78, 5) is 11.5. The third-order valence-electron chi connectivity index (χ3n) is 5.94. The standard InChI is InChI=1S/C27H23FN4O2S/c1-16-2-9-23(35-16)15-33-21-12-19(28)13-22(14-21)34-20-7-5-17(6-8-20)24-25-26(29)30-10-11-32(25)27(31-24)18-3-4-18/h2,5-14,18H,3-4,15H2,1H3,(H2,29,30). The highest BCUT2D eigenvalue weighted by Gasteiger charge is 2.30. The van der Waals surface area contributed by atoms with Gasteiger partial charge in [-0.3, -0.25) is 4.40 Å². The summed E-state index contributed by atoms with van der Waals surface area (Å²) >= 11 is 1.66. The lowest BCUT2D eigenvalue weighted by atomic mass is 10.1. The fraction of sp³-hybridized carbons (Fsp3) is 0.185. The summed E-state index contributed by atoms with van der Waals surface area (Å²) in [5, 5.41) is 0. The first kappa shape index (κ1) is 21.6. The fourth-order valence-corrected chi connectivity index (χ4v) is 4.93. The Bertz CT molecular complexity index is 1520. The molecular formula is C27H23FN4O2S. The highest BCUT2D eigenvalue weighted by molar-refractivity contribution is 7.11. The maximum Gasteiger partial charge on any atom is 0.150 e. The van der Waals surface area contributed by atoms with Crippen LogP contribution < -0.4 is 15.2 Å². The molecule has 0 atom stereocenters. The molecule has 0 aliphatic heterocycles. The normalized spacial score (nSPS) is 13.3. The number of nitrogens with zero attached hydrogens (tertiary/aromatic N) is 3. The van der Waals surface area contributed by atoms with E-state index in [1.807, 2.05) is 53.9 Å². The number of halogens is 1. The molecule has 3 aromatic heterocycles. The summed E-state index contributed by atoms with van der Waals surface area (Å²) in [5.41, 5.74) is 8.74. The number of anilines is 1. The van der Waals surface area contributed by atoms with Crippen molar-refractivity contribution in [3.05, 3.63) is 88.4 Å². The molecule has 3 heterocycles. The highest BCUT2D eigenvalue weighted by Crippen LogP contribution is 2.42. The van der Waals surface area contributed by atoms with Gasteiger partial charge in [-0.2, -0.15) is 0 Å². The fourth-order valence-electron chi connectivity index (χ4n) is 4.13. The topological polar surface area (TPSA) is 74.7 Å². The van der Waals surface area contributed by atoms with E-state index < -0.39 is 5.82 Å². The number of hydrogen-bond acceptors (Lipinski definition) is 6. The SMILES string of the molecule is Cc1ccc(COc2cc(F)cc(Oc3ccc(-c4nc(C5CC5)n5ccnc(N)c45)cc3)c2)s1. The molecular weight excluding hydrogens is 463 g/mol. The van der Waals surface area contributed by atoms with Crippen LogP contribution in [-0.2, 0) is 6.61 Å². The lowest BCUT2D eigenvalue weighted by Gasteiger charge is -2.10. The minimum absolute atomic E-state index is 0.368. The molecule has 0 bridgehead atoms. The Morgan fingerprint density at radius 3 is 2.60 bits per heavy atom. The molecule has 8 heteroatoms. The lowest BCUT2D eigenvalue weighted by molar-refractivity contribution is 0.306. The van der Waals surface area contributed by atoms with Gasteiger partial charge < -0.3 is 15.2 Å². The molecule has 0 saturated heterocycles. The van der Waals surface area contributed by atoms with Crippen LogP contribution in [0.1, 0.15) is 34.3 Å². The molecule has 1 aliphatic rings. The minimum atomic E-state index is -0.420. The van der Waals surface area contributed by atoms with Gasteiger partial charge in [0.15, 0.2) is 0 Å². The molecule has 6 nitrogen and oxygen atoms in total. The Kier molecular flexibility index (Phi) is 5.37. The summed E-state index contributed by atoms with van der Waals surface area (Å²) in [5.74, 6) is 2.89. The number of nitrogens with two attached hydrogens (primary N) is 1. The van der Waals surface area contributed by atoms with Crippen LogP contribution in [0.15, 0.2) is 67.0 Å². The second kappa shape index (κ2) is 8.70. The van der Waals surface area contributed by atoms with Gasteiger partial charge in [-0.1, -0.05) is 0 Å². The van der Waals surface area contributed by atoms with Crippen LogP contribution >= 0.6 is 11.3 Å². The number of nitrogen functional groups attached to an aromatic ring is 1. The maximum absolute atomic E-state index is 14.2. The Morgan fingerprint density at radius 1 is 1.06 bits per heavy atom. The summed E-state index contributed by atoms with van der Waals surface area (Å²) in [6, 6.07) is 16.0. The van der Waals surface area contributed by atoms with Crippen molar-refractivity contribution in [2.45, 2.75) is 32.3 Å². The molecule has 0 spiro atoms. The summed E-state index contributed by atoms with van der Waals surface area (Å²) < 4.78 is 28.0. The Morgan fingerprint density at radius 2 is 1.86 bits per heavy atom. The van der Waals surface area contributed by atoms with Crippen molar-refractivity contribution in [1.82, 2.24) is 14.4 Å². The maximum atomic E-state index is 14.2. The van der Waals surface area contributed by atoms with Gasteiger partial charge >= 0.3 is 0 Å². The van der Waals surface area contributed by atoms with Crippen LogP contribution in [0.25, 0.3) is 16.8 Å². The predicted octanol–water partition coefficient (Wildman–Crippen LogP) is 6.74. The second-order valence-electron chi connectivity index (χ2n) is 8.67. The van der Waals surface area contributed by atoms with E-state index in [4.69, 9.17) is 20.2 Å². The smallest absolute Gasteiger partial charge is 0.150 e. The largest absolute Gasteiger partial charge is 0.488 e. The van der Waals surface area contributed by atoms with E-state index in [1.165, 1.54) is 17.0 Å². The van der Waals surface area contributed by atoms with Crippen LogP contribution in [0.5, 0.6) is 17.2 Å². The van der Waals surface area contributed by atoms with Crippen molar-refractivity contribution in [1.29, 1.82) is 0 Å². The number of rotatable bonds is 7. The van der Waals surface area contributed by atoms with Gasteiger partial charge in [0.1, 0.15) is 52.5 Å². The molecule has 176 valence electrons. The highest BCUT2D eigenvalue weighted by atomic mass is 32.1. The minimum Gasteiger partial charge on any atom is -0.488 e. The van der Waals surface area contributed by atoms with E-state index >= 15 is 0 Å². The van der Waals surface area contributed by atoms with Gasteiger partial charge in [0, 0.05) is 51.8 Å². The van der Waals surface area contributed by atoms with Crippen molar-refractivity contribution >= 4 is 22.7 Å². The summed E-state index contributed by atoms with van der Waals surface area (Å²) in [6.07, 6.45) is 5.89. The molecule has 1 saturated carbocycles. The van der Waals surface area contributed by atoms with E-state index in [0.717, 1.165) is 40.3 Å². The first-order valence-electron chi connectivity index (χ1n) is 11.4. The number of imidazole rings is 1.